The minimum atomic E-state index is -0.0771. The Bertz CT molecular complexity index is 893. The van der Waals surface area contributed by atoms with Crippen LogP contribution in [0.2, 0.25) is 0 Å². The van der Waals surface area contributed by atoms with E-state index in [1.807, 2.05) is 44.2 Å². The van der Waals surface area contributed by atoms with Crippen LogP contribution < -0.4 is 14.8 Å². The van der Waals surface area contributed by atoms with Crippen molar-refractivity contribution < 1.29 is 14.3 Å². The highest BCUT2D eigenvalue weighted by atomic mass is 32.1. The molecule has 25 heavy (non-hydrogen) atoms. The summed E-state index contributed by atoms with van der Waals surface area (Å²) in [7, 11) is 3.18. The number of benzene rings is 2. The Kier molecular flexibility index (Phi) is 4.90. The van der Waals surface area contributed by atoms with Crippen molar-refractivity contribution in [1.29, 1.82) is 0 Å². The third-order valence-corrected chi connectivity index (χ3v) is 4.93. The number of fused-ring (bicyclic) bond motifs is 1. The molecule has 0 unspecified atom stereocenters. The van der Waals surface area contributed by atoms with Gasteiger partial charge in [0.25, 0.3) is 0 Å². The Labute approximate surface area is 150 Å². The summed E-state index contributed by atoms with van der Waals surface area (Å²) in [4.78, 5) is 16.8. The van der Waals surface area contributed by atoms with Gasteiger partial charge in [-0.25, -0.2) is 4.98 Å². The molecule has 1 N–H and O–H groups in total. The smallest absolute Gasteiger partial charge is 0.230 e. The molecule has 3 rings (SSSR count). The van der Waals surface area contributed by atoms with Crippen molar-refractivity contribution in [2.75, 3.05) is 19.5 Å². The molecule has 0 radical (unpaired) electrons. The number of aryl methyl sites for hydroxylation is 2. The van der Waals surface area contributed by atoms with Gasteiger partial charge in [-0.1, -0.05) is 35.1 Å². The lowest BCUT2D eigenvalue weighted by molar-refractivity contribution is -0.115. The predicted octanol–water partition coefficient (Wildman–Crippen LogP) is 4.11. The summed E-state index contributed by atoms with van der Waals surface area (Å²) in [5.41, 5.74) is 4.05. The van der Waals surface area contributed by atoms with Crippen LogP contribution in [0.4, 0.5) is 5.13 Å². The average Bonchev–Trinajstić information content (AvgIpc) is 2.97. The van der Waals surface area contributed by atoms with Crippen LogP contribution in [0.3, 0.4) is 0 Å². The van der Waals surface area contributed by atoms with E-state index in [-0.39, 0.29) is 5.91 Å². The van der Waals surface area contributed by atoms with Gasteiger partial charge in [0.15, 0.2) is 16.6 Å². The van der Waals surface area contributed by atoms with E-state index in [0.717, 1.165) is 26.9 Å². The molecular formula is C19H20N2O3S. The van der Waals surface area contributed by atoms with Crippen molar-refractivity contribution >= 4 is 32.6 Å². The molecule has 2 aromatic carbocycles. The number of hydrogen-bond donors (Lipinski definition) is 1. The first-order valence-electron chi connectivity index (χ1n) is 7.88. The highest BCUT2D eigenvalue weighted by Gasteiger charge is 2.13. The molecule has 1 aromatic heterocycles. The number of aromatic nitrogens is 1. The predicted molar refractivity (Wildman–Crippen MR) is 101 cm³/mol. The zero-order chi connectivity index (χ0) is 18.0. The van der Waals surface area contributed by atoms with E-state index in [1.54, 1.807) is 14.2 Å². The van der Waals surface area contributed by atoms with Gasteiger partial charge in [-0.3, -0.25) is 4.79 Å². The molecule has 0 saturated heterocycles. The van der Waals surface area contributed by atoms with Gasteiger partial charge in [-0.05, 0) is 25.0 Å². The zero-order valence-corrected chi connectivity index (χ0v) is 15.5. The van der Waals surface area contributed by atoms with Crippen molar-refractivity contribution in [1.82, 2.24) is 4.98 Å². The third kappa shape index (κ3) is 3.74. The molecule has 0 atom stereocenters. The molecule has 5 nitrogen and oxygen atoms in total. The highest BCUT2D eigenvalue weighted by molar-refractivity contribution is 7.22. The van der Waals surface area contributed by atoms with Crippen molar-refractivity contribution in [3.63, 3.8) is 0 Å². The Morgan fingerprint density at radius 3 is 2.56 bits per heavy atom. The summed E-state index contributed by atoms with van der Waals surface area (Å²) in [6.45, 7) is 4.04. The lowest BCUT2D eigenvalue weighted by atomic mass is 10.0. The van der Waals surface area contributed by atoms with E-state index in [2.05, 4.69) is 10.3 Å². The minimum Gasteiger partial charge on any atom is -0.493 e. The van der Waals surface area contributed by atoms with Crippen LogP contribution in [0.15, 0.2) is 30.3 Å². The molecule has 0 saturated carbocycles. The molecule has 0 bridgehead atoms. The van der Waals surface area contributed by atoms with E-state index in [9.17, 15) is 4.79 Å². The molecule has 0 spiro atoms. The number of nitrogens with one attached hydrogen (secondary N) is 1. The second-order valence-corrected chi connectivity index (χ2v) is 6.88. The number of carbonyl (C=O) groups excluding carboxylic acids is 1. The van der Waals surface area contributed by atoms with E-state index >= 15 is 0 Å². The summed E-state index contributed by atoms with van der Waals surface area (Å²) >= 11 is 1.41. The Hall–Kier alpha value is -2.60. The standard InChI is InChI=1S/C19H20N2O3S/c1-11-5-6-12(2)13(7-11)8-18(22)21-19-20-14-9-15(23-3)16(24-4)10-17(14)25-19/h5-7,9-10H,8H2,1-4H3,(H,20,21,22). The number of ether oxygens (including phenoxy) is 2. The molecule has 3 aromatic rings. The number of thiazole rings is 1. The molecule has 0 fully saturated rings. The first-order valence-corrected chi connectivity index (χ1v) is 8.70. The molecule has 6 heteroatoms. The molecule has 0 aliphatic rings. The second-order valence-electron chi connectivity index (χ2n) is 5.85. The SMILES string of the molecule is COc1cc2nc(NC(=O)Cc3cc(C)ccc3C)sc2cc1OC. The van der Waals surface area contributed by atoms with Gasteiger partial charge in [-0.15, -0.1) is 0 Å². The maximum Gasteiger partial charge on any atom is 0.230 e. The van der Waals surface area contributed by atoms with Crippen LogP contribution in [0, 0.1) is 13.8 Å². The second kappa shape index (κ2) is 7.11. The number of amides is 1. The molecule has 1 amide bonds. The normalized spacial score (nSPS) is 10.7. The van der Waals surface area contributed by atoms with E-state index in [0.29, 0.717) is 23.1 Å². The number of rotatable bonds is 5. The summed E-state index contributed by atoms with van der Waals surface area (Å²) < 4.78 is 11.5. The van der Waals surface area contributed by atoms with Gasteiger partial charge in [0.1, 0.15) is 0 Å². The van der Waals surface area contributed by atoms with E-state index in [4.69, 9.17) is 9.47 Å². The van der Waals surface area contributed by atoms with E-state index < -0.39 is 0 Å². The molecule has 130 valence electrons. The van der Waals surface area contributed by atoms with Crippen molar-refractivity contribution in [3.8, 4) is 11.5 Å². The monoisotopic (exact) mass is 356 g/mol. The number of carbonyl (C=O) groups is 1. The van der Waals surface area contributed by atoms with Gasteiger partial charge in [0.2, 0.25) is 5.91 Å². The third-order valence-electron chi connectivity index (χ3n) is 4.00. The molecular weight excluding hydrogens is 336 g/mol. The van der Waals surface area contributed by atoms with Gasteiger partial charge in [-0.2, -0.15) is 0 Å². The average molecular weight is 356 g/mol. The number of hydrogen-bond acceptors (Lipinski definition) is 5. The topological polar surface area (TPSA) is 60.5 Å². The lowest BCUT2D eigenvalue weighted by Gasteiger charge is -2.06. The fraction of sp³-hybridized carbons (Fsp3) is 0.263. The van der Waals surface area contributed by atoms with Crippen molar-refractivity contribution in [3.05, 3.63) is 47.0 Å². The lowest BCUT2D eigenvalue weighted by Crippen LogP contribution is -2.14. The minimum absolute atomic E-state index is 0.0771. The summed E-state index contributed by atoms with van der Waals surface area (Å²) in [5, 5.41) is 3.46. The molecule has 0 aliphatic carbocycles. The largest absolute Gasteiger partial charge is 0.493 e. The Balaban J connectivity index is 1.80. The number of nitrogens with zero attached hydrogens (tertiary/aromatic N) is 1. The van der Waals surface area contributed by atoms with Gasteiger partial charge >= 0.3 is 0 Å². The Morgan fingerprint density at radius 1 is 1.12 bits per heavy atom. The van der Waals surface area contributed by atoms with Crippen LogP contribution in [0.1, 0.15) is 16.7 Å². The molecule has 1 heterocycles. The van der Waals surface area contributed by atoms with Crippen LogP contribution >= 0.6 is 11.3 Å². The van der Waals surface area contributed by atoms with Crippen LogP contribution in [-0.2, 0) is 11.2 Å². The van der Waals surface area contributed by atoms with Crippen molar-refractivity contribution in [2.24, 2.45) is 0 Å². The summed E-state index contributed by atoms with van der Waals surface area (Å²) in [6, 6.07) is 9.81. The Morgan fingerprint density at radius 2 is 1.84 bits per heavy atom. The fourth-order valence-corrected chi connectivity index (χ4v) is 3.53. The number of anilines is 1. The van der Waals surface area contributed by atoms with Gasteiger partial charge < -0.3 is 14.8 Å². The summed E-state index contributed by atoms with van der Waals surface area (Å²) in [6.07, 6.45) is 0.329. The number of methoxy groups -OCH3 is 2. The first kappa shape index (κ1) is 17.2. The van der Waals surface area contributed by atoms with Gasteiger partial charge in [0.05, 0.1) is 30.9 Å². The van der Waals surface area contributed by atoms with Crippen LogP contribution in [0.5, 0.6) is 11.5 Å². The van der Waals surface area contributed by atoms with Crippen LogP contribution in [0.25, 0.3) is 10.2 Å². The maximum atomic E-state index is 12.4. The molecule has 0 aliphatic heterocycles. The highest BCUT2D eigenvalue weighted by Crippen LogP contribution is 2.36. The van der Waals surface area contributed by atoms with Gasteiger partial charge in [0, 0.05) is 12.1 Å². The maximum absolute atomic E-state index is 12.4. The first-order chi connectivity index (χ1) is 12.0. The van der Waals surface area contributed by atoms with Crippen LogP contribution in [-0.4, -0.2) is 25.1 Å². The van der Waals surface area contributed by atoms with E-state index in [1.165, 1.54) is 11.3 Å². The van der Waals surface area contributed by atoms with Crippen molar-refractivity contribution in [2.45, 2.75) is 20.3 Å². The quantitative estimate of drug-likeness (QED) is 0.747. The zero-order valence-electron chi connectivity index (χ0n) is 14.7. The summed E-state index contributed by atoms with van der Waals surface area (Å²) in [5.74, 6) is 1.19. The fourth-order valence-electron chi connectivity index (χ4n) is 2.64.